The fourth-order valence-electron chi connectivity index (χ4n) is 3.06. The van der Waals surface area contributed by atoms with Crippen molar-refractivity contribution in [3.05, 3.63) is 71.3 Å². The topological polar surface area (TPSA) is 111 Å². The van der Waals surface area contributed by atoms with Crippen LogP contribution < -0.4 is 16.5 Å². The van der Waals surface area contributed by atoms with Gasteiger partial charge in [-0.05, 0) is 24.8 Å². The summed E-state index contributed by atoms with van der Waals surface area (Å²) < 4.78 is 0. The van der Waals surface area contributed by atoms with Gasteiger partial charge >= 0.3 is 0 Å². The number of allylic oxidation sites excluding steroid dienone is 1. The van der Waals surface area contributed by atoms with Crippen LogP contribution in [0, 0.1) is 5.92 Å². The third-order valence-electron chi connectivity index (χ3n) is 4.55. The molecule has 1 amide bonds. The van der Waals surface area contributed by atoms with Crippen LogP contribution in [0.3, 0.4) is 0 Å². The van der Waals surface area contributed by atoms with Gasteiger partial charge in [-0.25, -0.2) is 4.98 Å². The van der Waals surface area contributed by atoms with Crippen molar-refractivity contribution in [1.82, 2.24) is 25.5 Å². The number of hydrazone groups is 1. The summed E-state index contributed by atoms with van der Waals surface area (Å²) in [6.45, 7) is 6.55. The van der Waals surface area contributed by atoms with Gasteiger partial charge < -0.3 is 26.4 Å². The van der Waals surface area contributed by atoms with Gasteiger partial charge in [0.05, 0.1) is 6.33 Å². The highest BCUT2D eigenvalue weighted by Crippen LogP contribution is 2.32. The van der Waals surface area contributed by atoms with Crippen molar-refractivity contribution < 1.29 is 4.79 Å². The SMILES string of the molecule is CNCc1ccccc1SC1=CN(/C(=N\N)C(C)C)CC=C1.O=CNCCc1cnc[nH]1. The number of hydrogen-bond acceptors (Lipinski definition) is 6. The molecule has 0 unspecified atom stereocenters. The quantitative estimate of drug-likeness (QED) is 0.116. The zero-order chi connectivity index (χ0) is 23.2. The van der Waals surface area contributed by atoms with E-state index < -0.39 is 0 Å². The maximum absolute atomic E-state index is 9.80. The Bertz CT molecular complexity index is 907. The number of nitrogens with one attached hydrogen (secondary N) is 3. The van der Waals surface area contributed by atoms with Crippen LogP contribution in [0.2, 0.25) is 0 Å². The van der Waals surface area contributed by atoms with E-state index in [0.717, 1.165) is 31.0 Å². The maximum Gasteiger partial charge on any atom is 0.207 e. The third kappa shape index (κ3) is 8.24. The first-order valence-electron chi connectivity index (χ1n) is 10.6. The summed E-state index contributed by atoms with van der Waals surface area (Å²) in [5, 5.41) is 9.72. The average molecular weight is 456 g/mol. The van der Waals surface area contributed by atoms with Gasteiger partial charge in [0.15, 0.2) is 0 Å². The van der Waals surface area contributed by atoms with E-state index in [9.17, 15) is 4.79 Å². The number of aromatic nitrogens is 2. The number of thioether (sulfide) groups is 1. The summed E-state index contributed by atoms with van der Waals surface area (Å²) in [6.07, 6.45) is 11.3. The predicted octanol–water partition coefficient (Wildman–Crippen LogP) is 2.84. The first-order chi connectivity index (χ1) is 15.6. The molecule has 0 radical (unpaired) electrons. The Labute approximate surface area is 194 Å². The van der Waals surface area contributed by atoms with Gasteiger partial charge in [0.25, 0.3) is 0 Å². The molecule has 8 nitrogen and oxygen atoms in total. The van der Waals surface area contributed by atoms with Gasteiger partial charge in [0.1, 0.15) is 5.84 Å². The van der Waals surface area contributed by atoms with Crippen molar-refractivity contribution in [3.8, 4) is 0 Å². The molecule has 1 aliphatic heterocycles. The molecule has 2 aromatic rings. The Morgan fingerprint density at radius 3 is 2.88 bits per heavy atom. The Hall–Kier alpha value is -3.04. The number of imidazole rings is 1. The van der Waals surface area contributed by atoms with E-state index in [4.69, 9.17) is 5.84 Å². The number of amidine groups is 1. The molecule has 0 bridgehead atoms. The minimum absolute atomic E-state index is 0.301. The molecule has 172 valence electrons. The number of H-pyrrole nitrogens is 1. The molecule has 2 heterocycles. The van der Waals surface area contributed by atoms with Crippen molar-refractivity contribution in [3.63, 3.8) is 0 Å². The second-order valence-electron chi connectivity index (χ2n) is 7.37. The van der Waals surface area contributed by atoms with E-state index in [1.165, 1.54) is 15.4 Å². The van der Waals surface area contributed by atoms with Gasteiger partial charge in [-0.1, -0.05) is 49.9 Å². The minimum atomic E-state index is 0.301. The van der Waals surface area contributed by atoms with Crippen molar-refractivity contribution >= 4 is 24.0 Å². The van der Waals surface area contributed by atoms with Gasteiger partial charge in [0.2, 0.25) is 6.41 Å². The molecule has 0 atom stereocenters. The van der Waals surface area contributed by atoms with E-state index in [-0.39, 0.29) is 0 Å². The van der Waals surface area contributed by atoms with E-state index in [1.807, 2.05) is 7.05 Å². The number of aromatic amines is 1. The number of nitrogens with zero attached hydrogens (tertiary/aromatic N) is 3. The second-order valence-corrected chi connectivity index (χ2v) is 8.48. The van der Waals surface area contributed by atoms with Gasteiger partial charge in [0, 0.05) is 59.9 Å². The van der Waals surface area contributed by atoms with E-state index in [1.54, 1.807) is 24.3 Å². The summed E-state index contributed by atoms with van der Waals surface area (Å²) in [6, 6.07) is 8.47. The van der Waals surface area contributed by atoms with Crippen LogP contribution in [0.15, 0.2) is 70.0 Å². The zero-order valence-corrected chi connectivity index (χ0v) is 19.7. The summed E-state index contributed by atoms with van der Waals surface area (Å²) in [5.74, 6) is 6.75. The first-order valence-corrected chi connectivity index (χ1v) is 11.4. The summed E-state index contributed by atoms with van der Waals surface area (Å²) >= 11 is 1.77. The zero-order valence-electron chi connectivity index (χ0n) is 18.9. The lowest BCUT2D eigenvalue weighted by Crippen LogP contribution is -2.32. The summed E-state index contributed by atoms with van der Waals surface area (Å²) in [5.41, 5.74) is 2.34. The van der Waals surface area contributed by atoms with Crippen molar-refractivity contribution in [1.29, 1.82) is 0 Å². The van der Waals surface area contributed by atoms with E-state index >= 15 is 0 Å². The summed E-state index contributed by atoms with van der Waals surface area (Å²) in [4.78, 5) is 21.1. The highest BCUT2D eigenvalue weighted by molar-refractivity contribution is 8.03. The highest BCUT2D eigenvalue weighted by Gasteiger charge is 2.16. The molecule has 0 saturated carbocycles. The average Bonchev–Trinajstić information content (AvgIpc) is 3.30. The molecule has 0 saturated heterocycles. The Kier molecular flexibility index (Phi) is 11.1. The van der Waals surface area contributed by atoms with Crippen LogP contribution in [-0.4, -0.2) is 47.3 Å². The molecule has 0 aliphatic carbocycles. The molecule has 1 aromatic carbocycles. The molecule has 32 heavy (non-hydrogen) atoms. The van der Waals surface area contributed by atoms with E-state index in [0.29, 0.717) is 18.9 Å². The van der Waals surface area contributed by atoms with Gasteiger partial charge in [-0.15, -0.1) is 0 Å². The molecule has 1 aromatic heterocycles. The monoisotopic (exact) mass is 455 g/mol. The van der Waals surface area contributed by atoms with Crippen LogP contribution in [0.25, 0.3) is 0 Å². The Morgan fingerprint density at radius 2 is 2.22 bits per heavy atom. The first kappa shape index (κ1) is 25.2. The fourth-order valence-corrected chi connectivity index (χ4v) is 4.08. The number of carbonyl (C=O) groups excluding carboxylic acids is 1. The highest BCUT2D eigenvalue weighted by atomic mass is 32.2. The van der Waals surface area contributed by atoms with Crippen molar-refractivity contribution in [2.24, 2.45) is 16.9 Å². The molecule has 0 spiro atoms. The molecular formula is C23H33N7OS. The number of amides is 1. The number of nitrogens with two attached hydrogens (primary N) is 1. The van der Waals surface area contributed by atoms with Crippen molar-refractivity contribution in [2.45, 2.75) is 31.7 Å². The summed E-state index contributed by atoms with van der Waals surface area (Å²) in [7, 11) is 1.97. The van der Waals surface area contributed by atoms with Crippen LogP contribution in [-0.2, 0) is 17.8 Å². The van der Waals surface area contributed by atoms with Gasteiger partial charge in [-0.3, -0.25) is 4.79 Å². The largest absolute Gasteiger partial charge is 0.358 e. The van der Waals surface area contributed by atoms with Crippen LogP contribution in [0.1, 0.15) is 25.1 Å². The van der Waals surface area contributed by atoms with Crippen LogP contribution in [0.5, 0.6) is 0 Å². The lowest BCUT2D eigenvalue weighted by molar-refractivity contribution is -0.109. The molecule has 5 N–H and O–H groups in total. The molecule has 1 aliphatic rings. The number of rotatable bonds is 9. The molecule has 9 heteroatoms. The Balaban J connectivity index is 0.000000303. The van der Waals surface area contributed by atoms with Crippen LogP contribution >= 0.6 is 11.8 Å². The Morgan fingerprint density at radius 1 is 1.41 bits per heavy atom. The number of carbonyl (C=O) groups is 1. The van der Waals surface area contributed by atoms with E-state index in [2.05, 4.69) is 87.1 Å². The minimum Gasteiger partial charge on any atom is -0.358 e. The van der Waals surface area contributed by atoms with Crippen molar-refractivity contribution in [2.75, 3.05) is 20.1 Å². The maximum atomic E-state index is 9.80. The molecule has 3 rings (SSSR count). The second kappa shape index (κ2) is 14.1. The fraction of sp³-hybridized carbons (Fsp3) is 0.348. The lowest BCUT2D eigenvalue weighted by Gasteiger charge is -2.26. The van der Waals surface area contributed by atoms with Gasteiger partial charge in [-0.2, -0.15) is 5.10 Å². The predicted molar refractivity (Wildman–Crippen MR) is 132 cm³/mol. The normalized spacial score (nSPS) is 13.4. The molecular weight excluding hydrogens is 422 g/mol. The molecule has 0 fully saturated rings. The third-order valence-corrected chi connectivity index (χ3v) is 5.65. The smallest absolute Gasteiger partial charge is 0.207 e. The number of benzene rings is 1. The standard InChI is InChI=1S/C17H24N4S.C6H9N3O/c1-13(2)17(20-18)21-10-6-8-15(12-21)22-16-9-5-4-7-14(16)11-19-3;10-5-7-2-1-6-3-8-4-9-6/h4-9,12-13,19H,10-11,18H2,1-3H3;3-5H,1-2H2,(H,7,10)(H,8,9)/b20-17-;. The lowest BCUT2D eigenvalue weighted by atomic mass is 10.1. The number of hydrogen-bond donors (Lipinski definition) is 4. The van der Waals surface area contributed by atoms with Crippen LogP contribution in [0.4, 0.5) is 0 Å².